The van der Waals surface area contributed by atoms with Crippen LogP contribution in [0.2, 0.25) is 0 Å². The van der Waals surface area contributed by atoms with Crippen molar-refractivity contribution in [2.45, 2.75) is 66.1 Å². The molecule has 0 aliphatic heterocycles. The first-order valence-electron chi connectivity index (χ1n) is 11.3. The van der Waals surface area contributed by atoms with Crippen LogP contribution in [0.1, 0.15) is 58.5 Å². The molecule has 0 bridgehead atoms. The van der Waals surface area contributed by atoms with Gasteiger partial charge in [-0.25, -0.2) is 0 Å². The third kappa shape index (κ3) is 8.76. The van der Waals surface area contributed by atoms with Crippen molar-refractivity contribution in [3.63, 3.8) is 0 Å². The lowest BCUT2D eigenvalue weighted by Crippen LogP contribution is -2.43. The third-order valence-electron chi connectivity index (χ3n) is 5.51. The summed E-state index contributed by atoms with van der Waals surface area (Å²) in [6.45, 7) is 15.2. The zero-order valence-electron chi connectivity index (χ0n) is 19.7. The fourth-order valence-electron chi connectivity index (χ4n) is 3.47. The molecule has 1 aromatic heterocycles. The van der Waals surface area contributed by atoms with Crippen molar-refractivity contribution in [1.82, 2.24) is 30.3 Å². The fraction of sp³-hybridized carbons (Fsp3) is 0.609. The Labute approximate surface area is 205 Å². The normalized spacial score (nSPS) is 13.5. The van der Waals surface area contributed by atoms with E-state index in [-0.39, 0.29) is 30.0 Å². The number of aliphatic imine (C=N–C) groups is 1. The molecule has 2 unspecified atom stereocenters. The number of nitrogens with one attached hydrogen (secondary N) is 2. The number of guanidine groups is 1. The smallest absolute Gasteiger partial charge is 0.191 e. The van der Waals surface area contributed by atoms with E-state index in [1.165, 1.54) is 5.56 Å². The molecule has 0 saturated heterocycles. The number of rotatable bonds is 12. The molecule has 1 aromatic carbocycles. The van der Waals surface area contributed by atoms with Crippen LogP contribution in [0, 0.1) is 0 Å². The second kappa shape index (κ2) is 15.2. The van der Waals surface area contributed by atoms with Crippen LogP contribution < -0.4 is 10.6 Å². The zero-order chi connectivity index (χ0) is 21.8. The van der Waals surface area contributed by atoms with Crippen molar-refractivity contribution in [2.75, 3.05) is 26.2 Å². The molecule has 174 valence electrons. The molecule has 0 saturated carbocycles. The van der Waals surface area contributed by atoms with Gasteiger partial charge in [0.2, 0.25) is 0 Å². The van der Waals surface area contributed by atoms with E-state index in [4.69, 9.17) is 4.99 Å². The van der Waals surface area contributed by atoms with Crippen molar-refractivity contribution >= 4 is 29.9 Å². The van der Waals surface area contributed by atoms with Crippen molar-refractivity contribution < 1.29 is 0 Å². The van der Waals surface area contributed by atoms with E-state index in [0.29, 0.717) is 12.6 Å². The molecule has 0 aliphatic rings. The van der Waals surface area contributed by atoms with Gasteiger partial charge in [-0.15, -0.1) is 34.2 Å². The monoisotopic (exact) mass is 541 g/mol. The van der Waals surface area contributed by atoms with Gasteiger partial charge in [-0.3, -0.25) is 9.89 Å². The summed E-state index contributed by atoms with van der Waals surface area (Å²) >= 11 is 0. The second-order valence-electron chi connectivity index (χ2n) is 7.51. The number of aromatic nitrogens is 3. The first-order chi connectivity index (χ1) is 14.6. The molecule has 2 N–H and O–H groups in total. The van der Waals surface area contributed by atoms with Crippen LogP contribution in [0.3, 0.4) is 0 Å². The van der Waals surface area contributed by atoms with Gasteiger partial charge in [0.05, 0.1) is 12.6 Å². The van der Waals surface area contributed by atoms with E-state index < -0.39 is 0 Å². The summed E-state index contributed by atoms with van der Waals surface area (Å²) in [5.41, 5.74) is 1.31. The molecule has 0 aliphatic carbocycles. The highest BCUT2D eigenvalue weighted by Gasteiger charge is 2.18. The molecule has 0 amide bonds. The topological polar surface area (TPSA) is 70.4 Å². The number of benzene rings is 1. The molecular weight excluding hydrogens is 501 g/mol. The first kappa shape index (κ1) is 27.4. The Morgan fingerprint density at radius 2 is 1.84 bits per heavy atom. The summed E-state index contributed by atoms with van der Waals surface area (Å²) in [5.74, 6) is 1.87. The van der Waals surface area contributed by atoms with E-state index in [1.54, 1.807) is 6.33 Å². The number of nitrogens with zero attached hydrogens (tertiary/aromatic N) is 5. The van der Waals surface area contributed by atoms with E-state index in [2.05, 4.69) is 95.2 Å². The highest BCUT2D eigenvalue weighted by Crippen LogP contribution is 2.20. The Morgan fingerprint density at radius 1 is 1.13 bits per heavy atom. The van der Waals surface area contributed by atoms with E-state index >= 15 is 0 Å². The minimum absolute atomic E-state index is 0. The average molecular weight is 542 g/mol. The molecule has 2 atom stereocenters. The highest BCUT2D eigenvalue weighted by atomic mass is 127. The van der Waals surface area contributed by atoms with Crippen LogP contribution in [0.4, 0.5) is 0 Å². The van der Waals surface area contributed by atoms with Gasteiger partial charge in [0.1, 0.15) is 12.2 Å². The van der Waals surface area contributed by atoms with Gasteiger partial charge in [-0.1, -0.05) is 58.0 Å². The summed E-state index contributed by atoms with van der Waals surface area (Å²) in [4.78, 5) is 7.44. The average Bonchev–Trinajstić information content (AvgIpc) is 3.24. The Kier molecular flexibility index (Phi) is 13.4. The molecular formula is C23H40IN7. The third-order valence-corrected chi connectivity index (χ3v) is 5.51. The predicted octanol–water partition coefficient (Wildman–Crippen LogP) is 3.88. The number of halogens is 1. The first-order valence-corrected chi connectivity index (χ1v) is 11.3. The number of hydrogen-bond donors (Lipinski definition) is 2. The Balaban J connectivity index is 0.00000480. The van der Waals surface area contributed by atoms with Crippen LogP contribution in [0.5, 0.6) is 0 Å². The fourth-order valence-corrected chi connectivity index (χ4v) is 3.47. The summed E-state index contributed by atoms with van der Waals surface area (Å²) in [6, 6.07) is 11.3. The van der Waals surface area contributed by atoms with Gasteiger partial charge in [-0.2, -0.15) is 0 Å². The maximum atomic E-state index is 4.98. The molecule has 31 heavy (non-hydrogen) atoms. The van der Waals surface area contributed by atoms with Gasteiger partial charge in [0, 0.05) is 25.6 Å². The predicted molar refractivity (Wildman–Crippen MR) is 140 cm³/mol. The van der Waals surface area contributed by atoms with Crippen LogP contribution in [0.15, 0.2) is 41.7 Å². The molecule has 0 radical (unpaired) electrons. The largest absolute Gasteiger partial charge is 0.355 e. The summed E-state index contributed by atoms with van der Waals surface area (Å²) in [6.07, 6.45) is 3.73. The van der Waals surface area contributed by atoms with Gasteiger partial charge in [0.15, 0.2) is 5.96 Å². The number of aryl methyl sites for hydroxylation is 1. The van der Waals surface area contributed by atoms with E-state index in [9.17, 15) is 0 Å². The molecule has 0 spiro atoms. The zero-order valence-corrected chi connectivity index (χ0v) is 22.0. The number of likely N-dealkylation sites (N-methyl/N-ethyl adjacent to an activating group) is 1. The highest BCUT2D eigenvalue weighted by molar-refractivity contribution is 14.0. The summed E-state index contributed by atoms with van der Waals surface area (Å²) in [5, 5.41) is 15.2. The van der Waals surface area contributed by atoms with Crippen molar-refractivity contribution in [3.05, 3.63) is 48.0 Å². The lowest BCUT2D eigenvalue weighted by Gasteiger charge is -2.29. The molecule has 2 rings (SSSR count). The van der Waals surface area contributed by atoms with Crippen LogP contribution in [-0.2, 0) is 13.0 Å². The quantitative estimate of drug-likeness (QED) is 0.243. The lowest BCUT2D eigenvalue weighted by molar-refractivity contribution is 0.224. The second-order valence-corrected chi connectivity index (χ2v) is 7.51. The summed E-state index contributed by atoms with van der Waals surface area (Å²) < 4.78 is 2.09. The lowest BCUT2D eigenvalue weighted by atomic mass is 10.1. The van der Waals surface area contributed by atoms with Crippen LogP contribution >= 0.6 is 24.0 Å². The van der Waals surface area contributed by atoms with Crippen molar-refractivity contribution in [3.8, 4) is 0 Å². The van der Waals surface area contributed by atoms with Gasteiger partial charge >= 0.3 is 0 Å². The number of hydrogen-bond acceptors (Lipinski definition) is 4. The molecule has 2 aromatic rings. The summed E-state index contributed by atoms with van der Waals surface area (Å²) in [7, 11) is 0. The maximum absolute atomic E-state index is 4.98. The van der Waals surface area contributed by atoms with Gasteiger partial charge < -0.3 is 15.2 Å². The molecule has 0 fully saturated rings. The van der Waals surface area contributed by atoms with E-state index in [1.807, 2.05) is 0 Å². The van der Waals surface area contributed by atoms with Crippen molar-refractivity contribution in [1.29, 1.82) is 0 Å². The maximum Gasteiger partial charge on any atom is 0.191 e. The Hall–Kier alpha value is -1.68. The minimum Gasteiger partial charge on any atom is -0.355 e. The van der Waals surface area contributed by atoms with Crippen LogP contribution in [-0.4, -0.2) is 57.8 Å². The van der Waals surface area contributed by atoms with Crippen molar-refractivity contribution in [2.24, 2.45) is 4.99 Å². The Bertz CT molecular complexity index is 743. The minimum atomic E-state index is 0. The molecule has 7 nitrogen and oxygen atoms in total. The standard InChI is InChI=1S/C23H39N7.HI/c1-6-19(5)27-23(24-15-16-30-18-26-28-22(30)7-2)25-17-21(29(8-3)9-4)20-13-11-10-12-14-20;/h10-14,18-19,21H,6-9,15-17H2,1-5H3,(H2,24,25,27);1H. The molecule has 1 heterocycles. The SMILES string of the molecule is CCc1nncn1CCNC(=NCC(c1ccccc1)N(CC)CC)NC(C)CC.I. The van der Waals surface area contributed by atoms with Crippen LogP contribution in [0.25, 0.3) is 0 Å². The van der Waals surface area contributed by atoms with Gasteiger partial charge in [-0.05, 0) is 32.0 Å². The molecule has 8 heteroatoms. The van der Waals surface area contributed by atoms with E-state index in [0.717, 1.165) is 50.8 Å². The Morgan fingerprint density at radius 3 is 2.45 bits per heavy atom. The van der Waals surface area contributed by atoms with Gasteiger partial charge in [0.25, 0.3) is 0 Å².